The van der Waals surface area contributed by atoms with Gasteiger partial charge in [0.25, 0.3) is 0 Å². The van der Waals surface area contributed by atoms with Crippen LogP contribution in [0.15, 0.2) is 30.5 Å². The maximum atomic E-state index is 11.7. The van der Waals surface area contributed by atoms with Crippen molar-refractivity contribution < 1.29 is 9.53 Å². The zero-order valence-corrected chi connectivity index (χ0v) is 11.0. The minimum absolute atomic E-state index is 0.348. The third-order valence-electron chi connectivity index (χ3n) is 2.97. The van der Waals surface area contributed by atoms with E-state index >= 15 is 0 Å². The van der Waals surface area contributed by atoms with Gasteiger partial charge >= 0.3 is 5.97 Å². The van der Waals surface area contributed by atoms with Gasteiger partial charge in [0.05, 0.1) is 23.2 Å². The molecule has 0 aliphatic rings. The van der Waals surface area contributed by atoms with Crippen LogP contribution in [0.5, 0.6) is 0 Å². The molecule has 5 heteroatoms. The van der Waals surface area contributed by atoms with Crippen molar-refractivity contribution in [2.45, 2.75) is 6.92 Å². The molecule has 19 heavy (non-hydrogen) atoms. The molecule has 0 saturated carbocycles. The number of benzene rings is 1. The van der Waals surface area contributed by atoms with Crippen LogP contribution in [-0.4, -0.2) is 22.5 Å². The number of hydrogen-bond donors (Lipinski definition) is 1. The summed E-state index contributed by atoms with van der Waals surface area (Å²) >= 11 is 6.12. The summed E-state index contributed by atoms with van der Waals surface area (Å²) in [5, 5.41) is 2.22. The van der Waals surface area contributed by atoms with Crippen molar-refractivity contribution in [1.29, 1.82) is 0 Å². The predicted molar refractivity (Wildman–Crippen MR) is 74.6 cm³/mol. The van der Waals surface area contributed by atoms with Gasteiger partial charge in [0, 0.05) is 17.0 Å². The van der Waals surface area contributed by atoms with Gasteiger partial charge in [-0.05, 0) is 31.2 Å². The second kappa shape index (κ2) is 4.55. The highest BCUT2D eigenvalue weighted by Gasteiger charge is 2.11. The van der Waals surface area contributed by atoms with E-state index in [0.29, 0.717) is 22.8 Å². The number of esters is 1. The van der Waals surface area contributed by atoms with Gasteiger partial charge in [0.1, 0.15) is 5.15 Å². The van der Waals surface area contributed by atoms with Gasteiger partial charge in [0.15, 0.2) is 0 Å². The maximum Gasteiger partial charge on any atom is 0.338 e. The summed E-state index contributed by atoms with van der Waals surface area (Å²) in [7, 11) is 0. The van der Waals surface area contributed by atoms with Gasteiger partial charge in [-0.3, -0.25) is 0 Å². The Bertz CT molecular complexity index is 780. The summed E-state index contributed by atoms with van der Waals surface area (Å²) in [6.07, 6.45) is 1.82. The summed E-state index contributed by atoms with van der Waals surface area (Å²) in [6, 6.07) is 7.16. The second-order valence-corrected chi connectivity index (χ2v) is 4.48. The quantitative estimate of drug-likeness (QED) is 0.574. The fraction of sp³-hybridized carbons (Fsp3) is 0.143. The number of halogens is 1. The normalized spacial score (nSPS) is 11.1. The highest BCUT2D eigenvalue weighted by atomic mass is 35.5. The first-order valence-corrected chi connectivity index (χ1v) is 6.32. The lowest BCUT2D eigenvalue weighted by molar-refractivity contribution is 0.0526. The fourth-order valence-corrected chi connectivity index (χ4v) is 2.36. The predicted octanol–water partition coefficient (Wildman–Crippen LogP) is 3.55. The van der Waals surface area contributed by atoms with E-state index in [9.17, 15) is 4.79 Å². The van der Waals surface area contributed by atoms with Crippen molar-refractivity contribution in [3.8, 4) is 0 Å². The molecule has 0 amide bonds. The van der Waals surface area contributed by atoms with Crippen LogP contribution in [0.3, 0.4) is 0 Å². The molecule has 0 atom stereocenters. The average molecular weight is 275 g/mol. The molecule has 0 radical (unpaired) electrons. The Labute approximate surface area is 114 Å². The minimum Gasteiger partial charge on any atom is -0.462 e. The van der Waals surface area contributed by atoms with E-state index < -0.39 is 0 Å². The van der Waals surface area contributed by atoms with E-state index in [2.05, 4.69) is 9.97 Å². The summed E-state index contributed by atoms with van der Waals surface area (Å²) in [5.74, 6) is -0.353. The van der Waals surface area contributed by atoms with Crippen molar-refractivity contribution in [3.05, 3.63) is 41.2 Å². The van der Waals surface area contributed by atoms with Crippen LogP contribution in [0.2, 0.25) is 5.15 Å². The van der Waals surface area contributed by atoms with Crippen molar-refractivity contribution in [2.75, 3.05) is 6.61 Å². The molecule has 3 rings (SSSR count). The molecular formula is C14H11ClN2O2. The third kappa shape index (κ3) is 1.94. The molecule has 2 heterocycles. The Morgan fingerprint density at radius 2 is 2.21 bits per heavy atom. The van der Waals surface area contributed by atoms with E-state index in [-0.39, 0.29) is 5.97 Å². The second-order valence-electron chi connectivity index (χ2n) is 4.12. The Kier molecular flexibility index (Phi) is 2.87. The highest BCUT2D eigenvalue weighted by Crippen LogP contribution is 2.28. The summed E-state index contributed by atoms with van der Waals surface area (Å²) < 4.78 is 4.97. The van der Waals surface area contributed by atoms with Gasteiger partial charge in [0.2, 0.25) is 0 Å². The molecule has 0 bridgehead atoms. The van der Waals surface area contributed by atoms with Crippen molar-refractivity contribution >= 4 is 39.4 Å². The van der Waals surface area contributed by atoms with Crippen LogP contribution in [-0.2, 0) is 4.74 Å². The first-order chi connectivity index (χ1) is 9.20. The first-order valence-electron chi connectivity index (χ1n) is 5.94. The molecule has 0 aliphatic heterocycles. The number of H-pyrrole nitrogens is 1. The molecule has 0 spiro atoms. The highest BCUT2D eigenvalue weighted by molar-refractivity contribution is 6.35. The van der Waals surface area contributed by atoms with Gasteiger partial charge in [-0.1, -0.05) is 11.6 Å². The number of fused-ring (bicyclic) bond motifs is 3. The van der Waals surface area contributed by atoms with Gasteiger partial charge in [-0.15, -0.1) is 0 Å². The van der Waals surface area contributed by atoms with Gasteiger partial charge < -0.3 is 9.72 Å². The van der Waals surface area contributed by atoms with Crippen LogP contribution in [0.25, 0.3) is 21.8 Å². The summed E-state index contributed by atoms with van der Waals surface area (Å²) in [5.41, 5.74) is 2.07. The fourth-order valence-electron chi connectivity index (χ4n) is 2.11. The molecule has 2 aromatic heterocycles. The molecule has 0 saturated heterocycles. The Balaban J connectivity index is 2.23. The van der Waals surface area contributed by atoms with E-state index in [1.807, 2.05) is 18.3 Å². The maximum absolute atomic E-state index is 11.7. The Morgan fingerprint density at radius 3 is 3.00 bits per heavy atom. The lowest BCUT2D eigenvalue weighted by Gasteiger charge is -2.05. The molecule has 0 unspecified atom stereocenters. The molecule has 96 valence electrons. The number of nitrogens with one attached hydrogen (secondary N) is 1. The average Bonchev–Trinajstić information content (AvgIpc) is 2.88. The van der Waals surface area contributed by atoms with Crippen LogP contribution >= 0.6 is 11.6 Å². The van der Waals surface area contributed by atoms with E-state index in [4.69, 9.17) is 16.3 Å². The number of ether oxygens (including phenoxy) is 1. The number of hydrogen-bond acceptors (Lipinski definition) is 3. The Morgan fingerprint density at radius 1 is 1.37 bits per heavy atom. The molecule has 4 nitrogen and oxygen atoms in total. The monoisotopic (exact) mass is 274 g/mol. The standard InChI is InChI=1S/C14H11ClN2O2/c1-2-19-14(18)8-3-4-9-11(7-8)17-13(15)10-5-6-16-12(9)10/h3-7,16H,2H2,1H3. The zero-order valence-electron chi connectivity index (χ0n) is 10.2. The number of carbonyl (C=O) groups is 1. The smallest absolute Gasteiger partial charge is 0.338 e. The first kappa shape index (κ1) is 12.0. The van der Waals surface area contributed by atoms with E-state index in [1.54, 1.807) is 19.1 Å². The number of aromatic nitrogens is 2. The van der Waals surface area contributed by atoms with Crippen LogP contribution in [0.4, 0.5) is 0 Å². The molecule has 0 aliphatic carbocycles. The lowest BCUT2D eigenvalue weighted by Crippen LogP contribution is -2.04. The van der Waals surface area contributed by atoms with Crippen LogP contribution < -0.4 is 0 Å². The molecule has 1 N–H and O–H groups in total. The minimum atomic E-state index is -0.353. The van der Waals surface area contributed by atoms with Gasteiger partial charge in [-0.25, -0.2) is 9.78 Å². The van der Waals surface area contributed by atoms with E-state index in [0.717, 1.165) is 16.3 Å². The third-order valence-corrected chi connectivity index (χ3v) is 3.25. The lowest BCUT2D eigenvalue weighted by atomic mass is 10.1. The SMILES string of the molecule is CCOC(=O)c1ccc2c(c1)nc(Cl)c1cc[nH]c12. The Hall–Kier alpha value is -2.07. The summed E-state index contributed by atoms with van der Waals surface area (Å²) in [6.45, 7) is 2.12. The molecule has 3 aromatic rings. The van der Waals surface area contributed by atoms with Crippen LogP contribution in [0.1, 0.15) is 17.3 Å². The van der Waals surface area contributed by atoms with Crippen molar-refractivity contribution in [1.82, 2.24) is 9.97 Å². The van der Waals surface area contributed by atoms with E-state index in [1.165, 1.54) is 0 Å². The topological polar surface area (TPSA) is 55.0 Å². The number of pyridine rings is 1. The van der Waals surface area contributed by atoms with Crippen molar-refractivity contribution in [2.24, 2.45) is 0 Å². The largest absolute Gasteiger partial charge is 0.462 e. The number of aromatic amines is 1. The number of nitrogens with zero attached hydrogens (tertiary/aromatic N) is 1. The molecule has 0 fully saturated rings. The molecular weight excluding hydrogens is 264 g/mol. The molecule has 1 aromatic carbocycles. The van der Waals surface area contributed by atoms with Gasteiger partial charge in [-0.2, -0.15) is 0 Å². The number of carbonyl (C=O) groups excluding carboxylic acids is 1. The van der Waals surface area contributed by atoms with Crippen LogP contribution in [0, 0.1) is 0 Å². The summed E-state index contributed by atoms with van der Waals surface area (Å²) in [4.78, 5) is 19.1. The number of rotatable bonds is 2. The van der Waals surface area contributed by atoms with Crippen molar-refractivity contribution in [3.63, 3.8) is 0 Å². The zero-order chi connectivity index (χ0) is 13.4.